The van der Waals surface area contributed by atoms with Crippen LogP contribution in [0.1, 0.15) is 28.9 Å². The van der Waals surface area contributed by atoms with Crippen molar-refractivity contribution < 1.29 is 9.53 Å². The topological polar surface area (TPSA) is 67.7 Å². The van der Waals surface area contributed by atoms with Crippen molar-refractivity contribution in [1.29, 1.82) is 0 Å². The Hall–Kier alpha value is -2.86. The Labute approximate surface area is 152 Å². The van der Waals surface area contributed by atoms with E-state index in [-0.39, 0.29) is 5.91 Å². The maximum absolute atomic E-state index is 12.3. The van der Waals surface area contributed by atoms with Gasteiger partial charge in [-0.1, -0.05) is 12.1 Å². The minimum absolute atomic E-state index is 0.0723. The van der Waals surface area contributed by atoms with E-state index in [0.29, 0.717) is 30.5 Å². The maximum Gasteiger partial charge on any atom is 0.251 e. The molecular weight excluding hydrogens is 328 g/mol. The van der Waals surface area contributed by atoms with E-state index in [1.54, 1.807) is 12.1 Å². The first-order valence-electron chi connectivity index (χ1n) is 8.95. The van der Waals surface area contributed by atoms with Crippen LogP contribution in [0.4, 0.5) is 0 Å². The fraction of sp³-hybridized carbons (Fsp3) is 0.300. The first-order valence-corrected chi connectivity index (χ1v) is 8.95. The number of rotatable bonds is 6. The number of ether oxygens (including phenoxy) is 1. The van der Waals surface area contributed by atoms with Gasteiger partial charge >= 0.3 is 0 Å². The number of benzene rings is 1. The third kappa shape index (κ3) is 3.86. The van der Waals surface area contributed by atoms with E-state index in [1.807, 2.05) is 47.1 Å². The molecule has 1 aliphatic heterocycles. The van der Waals surface area contributed by atoms with E-state index < -0.39 is 0 Å². The zero-order chi connectivity index (χ0) is 17.8. The molecule has 2 aromatic heterocycles. The first kappa shape index (κ1) is 16.6. The van der Waals surface area contributed by atoms with Crippen LogP contribution in [0.3, 0.4) is 0 Å². The van der Waals surface area contributed by atoms with E-state index in [2.05, 4.69) is 15.6 Å². The van der Waals surface area contributed by atoms with Crippen LogP contribution < -0.4 is 15.4 Å². The average Bonchev–Trinajstić information content (AvgIpc) is 3.33. The Kier molecular flexibility index (Phi) is 4.84. The number of nitrogens with zero attached hydrogens (tertiary/aromatic N) is 2. The molecule has 4 rings (SSSR count). The Morgan fingerprint density at radius 1 is 1.31 bits per heavy atom. The number of fused-ring (bicyclic) bond motifs is 1. The molecule has 1 atom stereocenters. The summed E-state index contributed by atoms with van der Waals surface area (Å²) in [5, 5.41) is 6.36. The molecule has 0 bridgehead atoms. The van der Waals surface area contributed by atoms with Gasteiger partial charge in [-0.15, -0.1) is 0 Å². The smallest absolute Gasteiger partial charge is 0.251 e. The highest BCUT2D eigenvalue weighted by Crippen LogP contribution is 2.16. The number of nitrogens with one attached hydrogen (secondary N) is 2. The van der Waals surface area contributed by atoms with Gasteiger partial charge in [-0.05, 0) is 49.7 Å². The SMILES string of the molecule is O=C(NCC1CCCN1)c1cccc(OCc2cn3ccccc3n2)c1. The highest BCUT2D eigenvalue weighted by Gasteiger charge is 2.15. The van der Waals surface area contributed by atoms with Crippen molar-refractivity contribution in [3.05, 3.63) is 66.1 Å². The summed E-state index contributed by atoms with van der Waals surface area (Å²) in [6.45, 7) is 2.05. The van der Waals surface area contributed by atoms with Gasteiger partial charge in [-0.2, -0.15) is 0 Å². The van der Waals surface area contributed by atoms with Gasteiger partial charge in [0.05, 0.1) is 5.69 Å². The van der Waals surface area contributed by atoms with Crippen LogP contribution in [-0.2, 0) is 6.61 Å². The zero-order valence-electron chi connectivity index (χ0n) is 14.5. The molecule has 0 saturated carbocycles. The Balaban J connectivity index is 1.36. The molecule has 6 heteroatoms. The third-order valence-electron chi connectivity index (χ3n) is 4.57. The summed E-state index contributed by atoms with van der Waals surface area (Å²) in [5.41, 5.74) is 2.34. The first-order chi connectivity index (χ1) is 12.8. The number of carbonyl (C=O) groups excluding carboxylic acids is 1. The normalized spacial score (nSPS) is 16.7. The van der Waals surface area contributed by atoms with Gasteiger partial charge in [-0.3, -0.25) is 4.79 Å². The predicted molar refractivity (Wildman–Crippen MR) is 99.3 cm³/mol. The molecule has 3 aromatic rings. The number of aromatic nitrogens is 2. The summed E-state index contributed by atoms with van der Waals surface area (Å²) in [4.78, 5) is 16.8. The van der Waals surface area contributed by atoms with Crippen molar-refractivity contribution in [3.63, 3.8) is 0 Å². The molecule has 0 radical (unpaired) electrons. The van der Waals surface area contributed by atoms with Crippen molar-refractivity contribution in [3.8, 4) is 5.75 Å². The Bertz CT molecular complexity index is 866. The van der Waals surface area contributed by atoms with Crippen molar-refractivity contribution in [1.82, 2.24) is 20.0 Å². The number of hydrogen-bond acceptors (Lipinski definition) is 4. The second-order valence-electron chi connectivity index (χ2n) is 6.52. The maximum atomic E-state index is 12.3. The number of carbonyl (C=O) groups is 1. The van der Waals surface area contributed by atoms with Gasteiger partial charge in [0.15, 0.2) is 0 Å². The summed E-state index contributed by atoms with van der Waals surface area (Å²) in [5.74, 6) is 0.588. The van der Waals surface area contributed by atoms with Gasteiger partial charge in [-0.25, -0.2) is 4.98 Å². The second kappa shape index (κ2) is 7.58. The Morgan fingerprint density at radius 3 is 3.12 bits per heavy atom. The van der Waals surface area contributed by atoms with E-state index >= 15 is 0 Å². The molecular formula is C20H22N4O2. The summed E-state index contributed by atoms with van der Waals surface area (Å²) in [6, 6.07) is 13.5. The van der Waals surface area contributed by atoms with Crippen LogP contribution in [0, 0.1) is 0 Å². The van der Waals surface area contributed by atoms with Crippen LogP contribution in [-0.4, -0.2) is 34.4 Å². The minimum atomic E-state index is -0.0723. The number of pyridine rings is 1. The fourth-order valence-corrected chi connectivity index (χ4v) is 3.19. The molecule has 0 spiro atoms. The molecule has 3 heterocycles. The van der Waals surface area contributed by atoms with Crippen molar-refractivity contribution >= 4 is 11.6 Å². The lowest BCUT2D eigenvalue weighted by Gasteiger charge is -2.12. The summed E-state index contributed by atoms with van der Waals surface area (Å²) in [7, 11) is 0. The van der Waals surface area contributed by atoms with E-state index in [9.17, 15) is 4.79 Å². The zero-order valence-corrected chi connectivity index (χ0v) is 14.5. The molecule has 1 unspecified atom stereocenters. The molecule has 134 valence electrons. The quantitative estimate of drug-likeness (QED) is 0.716. The van der Waals surface area contributed by atoms with Crippen LogP contribution in [0.2, 0.25) is 0 Å². The predicted octanol–water partition coefficient (Wildman–Crippen LogP) is 2.40. The third-order valence-corrected chi connectivity index (χ3v) is 4.57. The van der Waals surface area contributed by atoms with Crippen molar-refractivity contribution in [2.75, 3.05) is 13.1 Å². The lowest BCUT2D eigenvalue weighted by Crippen LogP contribution is -2.37. The largest absolute Gasteiger partial charge is 0.487 e. The monoisotopic (exact) mass is 350 g/mol. The highest BCUT2D eigenvalue weighted by molar-refractivity contribution is 5.94. The molecule has 1 amide bonds. The minimum Gasteiger partial charge on any atom is -0.487 e. The second-order valence-corrected chi connectivity index (χ2v) is 6.52. The van der Waals surface area contributed by atoms with Crippen LogP contribution in [0.5, 0.6) is 5.75 Å². The van der Waals surface area contributed by atoms with Gasteiger partial charge < -0.3 is 19.8 Å². The summed E-state index contributed by atoms with van der Waals surface area (Å²) >= 11 is 0. The number of hydrogen-bond donors (Lipinski definition) is 2. The van der Waals surface area contributed by atoms with E-state index in [4.69, 9.17) is 4.74 Å². The van der Waals surface area contributed by atoms with Crippen molar-refractivity contribution in [2.45, 2.75) is 25.5 Å². The molecule has 1 aromatic carbocycles. The van der Waals surface area contributed by atoms with Crippen LogP contribution >= 0.6 is 0 Å². The van der Waals surface area contributed by atoms with Crippen LogP contribution in [0.15, 0.2) is 54.9 Å². The molecule has 6 nitrogen and oxygen atoms in total. The average molecular weight is 350 g/mol. The molecule has 0 aliphatic carbocycles. The number of amides is 1. The van der Waals surface area contributed by atoms with Gasteiger partial charge in [0.2, 0.25) is 0 Å². The standard InChI is InChI=1S/C20H22N4O2/c25-20(22-12-16-6-4-9-21-16)15-5-3-7-18(11-15)26-14-17-13-24-10-2-1-8-19(24)23-17/h1-3,5,7-8,10-11,13,16,21H,4,6,9,12,14H2,(H,22,25). The molecule has 1 saturated heterocycles. The fourth-order valence-electron chi connectivity index (χ4n) is 3.19. The Morgan fingerprint density at radius 2 is 2.27 bits per heavy atom. The van der Waals surface area contributed by atoms with Gasteiger partial charge in [0.25, 0.3) is 5.91 Å². The lowest BCUT2D eigenvalue weighted by molar-refractivity contribution is 0.0950. The molecule has 26 heavy (non-hydrogen) atoms. The summed E-state index contributed by atoms with van der Waals surface area (Å²) < 4.78 is 7.78. The van der Waals surface area contributed by atoms with Gasteiger partial charge in [0.1, 0.15) is 18.0 Å². The molecule has 2 N–H and O–H groups in total. The lowest BCUT2D eigenvalue weighted by atomic mass is 10.2. The molecule has 1 fully saturated rings. The van der Waals surface area contributed by atoms with E-state index in [1.165, 1.54) is 6.42 Å². The number of imidazole rings is 1. The van der Waals surface area contributed by atoms with Crippen molar-refractivity contribution in [2.24, 2.45) is 0 Å². The van der Waals surface area contributed by atoms with Gasteiger partial charge in [0, 0.05) is 30.5 Å². The highest BCUT2D eigenvalue weighted by atomic mass is 16.5. The van der Waals surface area contributed by atoms with Crippen LogP contribution in [0.25, 0.3) is 5.65 Å². The summed E-state index contributed by atoms with van der Waals surface area (Å²) in [6.07, 6.45) is 6.19. The van der Waals surface area contributed by atoms with E-state index in [0.717, 1.165) is 24.3 Å². The molecule has 1 aliphatic rings.